The van der Waals surface area contributed by atoms with E-state index in [9.17, 15) is 18.0 Å². The minimum atomic E-state index is -4.12. The van der Waals surface area contributed by atoms with Crippen LogP contribution in [0.25, 0.3) is 0 Å². The fourth-order valence-corrected chi connectivity index (χ4v) is 4.68. The molecule has 1 unspecified atom stereocenters. The van der Waals surface area contributed by atoms with Crippen LogP contribution in [-0.4, -0.2) is 38.5 Å². The van der Waals surface area contributed by atoms with Gasteiger partial charge in [-0.3, -0.25) is 4.79 Å². The third-order valence-corrected chi connectivity index (χ3v) is 7.15. The van der Waals surface area contributed by atoms with Crippen LogP contribution in [0.5, 0.6) is 0 Å². The monoisotopic (exact) mass is 523 g/mol. The third kappa shape index (κ3) is 5.77. The van der Waals surface area contributed by atoms with Crippen molar-refractivity contribution in [1.29, 1.82) is 0 Å². The van der Waals surface area contributed by atoms with E-state index in [1.54, 1.807) is 6.07 Å². The molecule has 4 rings (SSSR count). The second kappa shape index (κ2) is 9.92. The second-order valence-corrected chi connectivity index (χ2v) is 11.0. The van der Waals surface area contributed by atoms with E-state index < -0.39 is 17.5 Å². The van der Waals surface area contributed by atoms with Crippen molar-refractivity contribution < 1.29 is 18.0 Å². The first kappa shape index (κ1) is 26.3. The number of nitrogens with one attached hydrogen (secondary N) is 3. The second-order valence-electron chi connectivity index (χ2n) is 10.6. The van der Waals surface area contributed by atoms with E-state index in [2.05, 4.69) is 16.0 Å². The predicted octanol–water partition coefficient (Wildman–Crippen LogP) is 6.04. The number of carbonyl (C=O) groups excluding carboxylic acids is 1. The van der Waals surface area contributed by atoms with Crippen molar-refractivity contribution in [3.05, 3.63) is 47.0 Å². The highest BCUT2D eigenvalue weighted by molar-refractivity contribution is 6.33. The Labute approximate surface area is 215 Å². The first-order valence-electron chi connectivity index (χ1n) is 12.1. The number of anilines is 4. The van der Waals surface area contributed by atoms with Gasteiger partial charge in [0.15, 0.2) is 6.29 Å². The van der Waals surface area contributed by atoms with E-state index in [1.807, 2.05) is 68.0 Å². The highest BCUT2D eigenvalue weighted by Crippen LogP contribution is 2.40. The number of rotatable bonds is 5. The van der Waals surface area contributed by atoms with Gasteiger partial charge in [0, 0.05) is 37.8 Å². The van der Waals surface area contributed by atoms with Crippen LogP contribution in [0.15, 0.2) is 36.4 Å². The van der Waals surface area contributed by atoms with Gasteiger partial charge in [-0.05, 0) is 48.7 Å². The van der Waals surface area contributed by atoms with Gasteiger partial charge in [0.2, 0.25) is 5.91 Å². The maximum Gasteiger partial charge on any atom is 0.391 e. The molecule has 0 saturated carbocycles. The molecule has 1 amide bonds. The summed E-state index contributed by atoms with van der Waals surface area (Å²) in [7, 11) is 1.95. The number of halogens is 4. The fourth-order valence-electron chi connectivity index (χ4n) is 4.51. The van der Waals surface area contributed by atoms with Crippen LogP contribution >= 0.6 is 11.6 Å². The van der Waals surface area contributed by atoms with Crippen LogP contribution in [0.3, 0.4) is 0 Å². The molecule has 0 bridgehead atoms. The normalized spacial score (nSPS) is 18.6. The highest BCUT2D eigenvalue weighted by Gasteiger charge is 2.41. The Bertz CT molecular complexity index is 1110. The van der Waals surface area contributed by atoms with Crippen LogP contribution in [-0.2, 0) is 11.3 Å². The molecule has 2 aromatic carbocycles. The van der Waals surface area contributed by atoms with Crippen molar-refractivity contribution in [1.82, 2.24) is 5.32 Å². The van der Waals surface area contributed by atoms with Crippen molar-refractivity contribution in [2.75, 3.05) is 40.6 Å². The lowest BCUT2D eigenvalue weighted by Gasteiger charge is -2.34. The molecule has 10 heteroatoms. The molecule has 2 aliphatic rings. The summed E-state index contributed by atoms with van der Waals surface area (Å²) >= 11 is 6.46. The zero-order valence-corrected chi connectivity index (χ0v) is 21.7. The Balaban J connectivity index is 1.41. The number of piperidine rings is 1. The first-order chi connectivity index (χ1) is 16.8. The quantitative estimate of drug-likeness (QED) is 0.446. The van der Waals surface area contributed by atoms with E-state index in [0.717, 1.165) is 28.3 Å². The molecule has 3 N–H and O–H groups in total. The number of hydrogen-bond donors (Lipinski definition) is 3. The highest BCUT2D eigenvalue weighted by atomic mass is 35.5. The van der Waals surface area contributed by atoms with Gasteiger partial charge in [-0.25, -0.2) is 0 Å². The number of benzene rings is 2. The van der Waals surface area contributed by atoms with Gasteiger partial charge < -0.3 is 25.8 Å². The van der Waals surface area contributed by atoms with Crippen molar-refractivity contribution in [3.63, 3.8) is 0 Å². The lowest BCUT2D eigenvalue weighted by Crippen LogP contribution is -2.39. The van der Waals surface area contributed by atoms with Crippen molar-refractivity contribution in [3.8, 4) is 0 Å². The summed E-state index contributed by atoms with van der Waals surface area (Å²) in [6, 6.07) is 11.5. The van der Waals surface area contributed by atoms with E-state index in [4.69, 9.17) is 11.6 Å². The molecule has 1 saturated heterocycles. The van der Waals surface area contributed by atoms with Gasteiger partial charge in [-0.1, -0.05) is 38.4 Å². The third-order valence-electron chi connectivity index (χ3n) is 6.82. The van der Waals surface area contributed by atoms with E-state index in [0.29, 0.717) is 24.7 Å². The molecule has 0 aliphatic carbocycles. The lowest BCUT2D eigenvalue weighted by molar-refractivity contribution is -0.179. The molecule has 0 spiro atoms. The average Bonchev–Trinajstić information content (AvgIpc) is 3.12. The van der Waals surface area contributed by atoms with Crippen LogP contribution in [0, 0.1) is 11.3 Å². The van der Waals surface area contributed by atoms with E-state index >= 15 is 0 Å². The van der Waals surface area contributed by atoms with Gasteiger partial charge in [-0.2, -0.15) is 13.2 Å². The lowest BCUT2D eigenvalue weighted by atomic mass is 9.95. The number of amides is 1. The Hall–Kier alpha value is -2.81. The predicted molar refractivity (Wildman–Crippen MR) is 140 cm³/mol. The molecule has 0 aromatic heterocycles. The largest absolute Gasteiger partial charge is 0.391 e. The van der Waals surface area contributed by atoms with Crippen molar-refractivity contribution in [2.24, 2.45) is 11.3 Å². The maximum absolute atomic E-state index is 13.0. The standard InChI is InChI=1S/C26H33ClF3N5O/c1-25(2,3)23(36)31-15-16-5-7-19(27)20(13-16)32-24-33-21-14-18(6-8-22(21)34(24)4)35-11-9-17(10-12-35)26(28,29)30/h5-8,13-14,17,24,32-33H,9-12,15H2,1-4H3,(H,31,36). The molecule has 1 fully saturated rings. The first-order valence-corrected chi connectivity index (χ1v) is 12.5. The molecule has 1 atom stereocenters. The Kier molecular flexibility index (Phi) is 7.23. The van der Waals surface area contributed by atoms with E-state index in [-0.39, 0.29) is 25.0 Å². The topological polar surface area (TPSA) is 59.6 Å². The van der Waals surface area contributed by atoms with Gasteiger partial charge in [0.05, 0.1) is 28.0 Å². The SMILES string of the molecule is CN1c2ccc(N3CCC(C(F)(F)F)CC3)cc2NC1Nc1cc(CNC(=O)C(C)(C)C)ccc1Cl. The molecule has 2 aromatic rings. The zero-order chi connectivity index (χ0) is 26.3. The maximum atomic E-state index is 13.0. The van der Waals surface area contributed by atoms with Gasteiger partial charge in [0.1, 0.15) is 0 Å². The number of fused-ring (bicyclic) bond motifs is 1. The number of carbonyl (C=O) groups is 1. The fraction of sp³-hybridized carbons (Fsp3) is 0.500. The molecule has 2 aliphatic heterocycles. The smallest absolute Gasteiger partial charge is 0.371 e. The Morgan fingerprint density at radius 3 is 2.44 bits per heavy atom. The van der Waals surface area contributed by atoms with Crippen molar-refractivity contribution >= 4 is 40.3 Å². The minimum Gasteiger partial charge on any atom is -0.371 e. The van der Waals surface area contributed by atoms with Crippen molar-refractivity contribution in [2.45, 2.75) is 52.6 Å². The van der Waals surface area contributed by atoms with Gasteiger partial charge >= 0.3 is 6.18 Å². The number of hydrogen-bond acceptors (Lipinski definition) is 5. The van der Waals surface area contributed by atoms with Crippen LogP contribution in [0.4, 0.5) is 35.9 Å². The molecule has 36 heavy (non-hydrogen) atoms. The van der Waals surface area contributed by atoms with E-state index in [1.165, 1.54) is 0 Å². The Morgan fingerprint density at radius 2 is 1.81 bits per heavy atom. The van der Waals surface area contributed by atoms with Gasteiger partial charge in [0.25, 0.3) is 0 Å². The summed E-state index contributed by atoms with van der Waals surface area (Å²) in [6.07, 6.45) is -4.17. The molecule has 196 valence electrons. The summed E-state index contributed by atoms with van der Waals surface area (Å²) in [5, 5.41) is 10.4. The molecule has 6 nitrogen and oxygen atoms in total. The zero-order valence-electron chi connectivity index (χ0n) is 21.0. The number of alkyl halides is 3. The molecule has 2 heterocycles. The number of nitrogens with zero attached hydrogens (tertiary/aromatic N) is 2. The Morgan fingerprint density at radius 1 is 1.11 bits per heavy atom. The molecule has 0 radical (unpaired) electrons. The molecular weight excluding hydrogens is 491 g/mol. The van der Waals surface area contributed by atoms with Crippen LogP contribution < -0.4 is 25.8 Å². The summed E-state index contributed by atoms with van der Waals surface area (Å²) in [5.74, 6) is -1.25. The molecular formula is C26H33ClF3N5O. The average molecular weight is 524 g/mol. The van der Waals surface area contributed by atoms with Crippen LogP contribution in [0.2, 0.25) is 5.02 Å². The van der Waals surface area contributed by atoms with Gasteiger partial charge in [-0.15, -0.1) is 0 Å². The summed E-state index contributed by atoms with van der Waals surface area (Å²) in [5.41, 5.74) is 3.96. The summed E-state index contributed by atoms with van der Waals surface area (Å²) in [4.78, 5) is 16.3. The summed E-state index contributed by atoms with van der Waals surface area (Å²) < 4.78 is 39.1. The van der Waals surface area contributed by atoms with Crippen LogP contribution in [0.1, 0.15) is 39.2 Å². The minimum absolute atomic E-state index is 0.0296. The summed E-state index contributed by atoms with van der Waals surface area (Å²) in [6.45, 7) is 6.76.